The third-order valence-electron chi connectivity index (χ3n) is 6.82. The van der Waals surface area contributed by atoms with Crippen molar-refractivity contribution in [2.75, 3.05) is 29.9 Å². The minimum atomic E-state index is -4.46. The lowest BCUT2D eigenvalue weighted by molar-refractivity contribution is -0.137. The Morgan fingerprint density at radius 3 is 2.34 bits per heavy atom. The zero-order valence-electron chi connectivity index (χ0n) is 20.0. The van der Waals surface area contributed by atoms with Crippen molar-refractivity contribution in [3.8, 4) is 0 Å². The summed E-state index contributed by atoms with van der Waals surface area (Å²) in [5.74, 6) is -0.657. The fourth-order valence-electron chi connectivity index (χ4n) is 4.47. The Morgan fingerprint density at radius 1 is 1.09 bits per heavy atom. The minimum absolute atomic E-state index is 0.123. The molecule has 3 N–H and O–H groups in total. The number of rotatable bonds is 6. The predicted octanol–water partition coefficient (Wildman–Crippen LogP) is 4.83. The van der Waals surface area contributed by atoms with Crippen LogP contribution in [0.2, 0.25) is 0 Å². The molecular formula is C26H31F3N4O2. The Kier molecular flexibility index (Phi) is 6.96. The highest BCUT2D eigenvalue weighted by Crippen LogP contribution is 2.41. The Morgan fingerprint density at radius 2 is 1.74 bits per heavy atom. The third-order valence-corrected chi connectivity index (χ3v) is 6.82. The van der Waals surface area contributed by atoms with Crippen molar-refractivity contribution < 1.29 is 22.8 Å². The molecule has 0 radical (unpaired) electrons. The van der Waals surface area contributed by atoms with Gasteiger partial charge in [-0.25, -0.2) is 0 Å². The van der Waals surface area contributed by atoms with E-state index in [2.05, 4.69) is 29.8 Å². The molecule has 4 rings (SSSR count). The lowest BCUT2D eigenvalue weighted by Crippen LogP contribution is -2.38. The smallest absolute Gasteiger partial charge is 0.371 e. The second-order valence-electron chi connectivity index (χ2n) is 10.1. The van der Waals surface area contributed by atoms with Crippen molar-refractivity contribution in [3.63, 3.8) is 0 Å². The maximum atomic E-state index is 13.9. The van der Waals surface area contributed by atoms with Gasteiger partial charge in [-0.15, -0.1) is 0 Å². The van der Waals surface area contributed by atoms with Crippen LogP contribution in [0.25, 0.3) is 0 Å². The Balaban J connectivity index is 1.40. The summed E-state index contributed by atoms with van der Waals surface area (Å²) in [6.45, 7) is 6.17. The van der Waals surface area contributed by atoms with E-state index in [9.17, 15) is 22.8 Å². The summed E-state index contributed by atoms with van der Waals surface area (Å²) in [5, 5.41) is 8.50. The molecule has 2 aromatic rings. The van der Waals surface area contributed by atoms with E-state index in [-0.39, 0.29) is 35.3 Å². The average Bonchev–Trinajstić information content (AvgIpc) is 3.24. The molecule has 2 aromatic carbocycles. The zero-order valence-corrected chi connectivity index (χ0v) is 20.0. The molecule has 188 valence electrons. The molecule has 2 heterocycles. The van der Waals surface area contributed by atoms with Crippen LogP contribution in [0.15, 0.2) is 42.5 Å². The van der Waals surface area contributed by atoms with Gasteiger partial charge in [0.05, 0.1) is 11.5 Å². The molecule has 0 bridgehead atoms. The molecular weight excluding hydrogens is 457 g/mol. The molecule has 0 aromatic heterocycles. The van der Waals surface area contributed by atoms with Crippen LogP contribution >= 0.6 is 0 Å². The van der Waals surface area contributed by atoms with E-state index in [1.807, 2.05) is 4.90 Å². The van der Waals surface area contributed by atoms with Crippen LogP contribution in [0.4, 0.5) is 30.2 Å². The van der Waals surface area contributed by atoms with Crippen molar-refractivity contribution in [1.29, 1.82) is 0 Å². The van der Waals surface area contributed by atoms with Crippen molar-refractivity contribution >= 4 is 28.9 Å². The summed E-state index contributed by atoms with van der Waals surface area (Å²) in [6.07, 6.45) is -2.55. The molecule has 6 nitrogen and oxygen atoms in total. The molecule has 2 saturated heterocycles. The fraction of sp³-hybridized carbons (Fsp3) is 0.462. The first-order valence-corrected chi connectivity index (χ1v) is 11.9. The number of carbonyl (C=O) groups excluding carboxylic acids is 2. The summed E-state index contributed by atoms with van der Waals surface area (Å²) >= 11 is 0. The summed E-state index contributed by atoms with van der Waals surface area (Å²) < 4.78 is 41.7. The molecule has 2 fully saturated rings. The number of benzene rings is 2. The van der Waals surface area contributed by atoms with Gasteiger partial charge in [0.25, 0.3) is 0 Å². The highest BCUT2D eigenvalue weighted by atomic mass is 19.4. The van der Waals surface area contributed by atoms with Gasteiger partial charge in [0.2, 0.25) is 11.8 Å². The molecule has 1 atom stereocenters. The predicted molar refractivity (Wildman–Crippen MR) is 129 cm³/mol. The van der Waals surface area contributed by atoms with Gasteiger partial charge in [0.15, 0.2) is 0 Å². The van der Waals surface area contributed by atoms with Crippen molar-refractivity contribution in [1.82, 2.24) is 10.6 Å². The van der Waals surface area contributed by atoms with Crippen molar-refractivity contribution in [3.05, 3.63) is 53.6 Å². The first-order chi connectivity index (χ1) is 16.5. The molecule has 9 heteroatoms. The number of carbonyl (C=O) groups is 2. The van der Waals surface area contributed by atoms with Crippen molar-refractivity contribution in [2.45, 2.75) is 45.8 Å². The second-order valence-corrected chi connectivity index (χ2v) is 10.1. The zero-order chi connectivity index (χ0) is 25.2. The van der Waals surface area contributed by atoms with Gasteiger partial charge in [-0.1, -0.05) is 26.0 Å². The van der Waals surface area contributed by atoms with Gasteiger partial charge in [-0.05, 0) is 54.2 Å². The molecule has 35 heavy (non-hydrogen) atoms. The van der Waals surface area contributed by atoms with Crippen LogP contribution in [-0.4, -0.2) is 31.4 Å². The topological polar surface area (TPSA) is 73.5 Å². The number of amides is 2. The number of piperidine rings is 1. The lowest BCUT2D eigenvalue weighted by atomic mass is 9.82. The number of alkyl halides is 3. The quantitative estimate of drug-likeness (QED) is 0.545. The maximum absolute atomic E-state index is 13.9. The third kappa shape index (κ3) is 6.26. The molecule has 2 aliphatic heterocycles. The van der Waals surface area contributed by atoms with E-state index in [0.717, 1.165) is 18.4 Å². The van der Waals surface area contributed by atoms with Gasteiger partial charge in [-0.3, -0.25) is 9.59 Å². The normalized spacial score (nSPS) is 19.9. The fourth-order valence-corrected chi connectivity index (χ4v) is 4.47. The molecule has 2 aliphatic rings. The van der Waals surface area contributed by atoms with Gasteiger partial charge in [0.1, 0.15) is 0 Å². The van der Waals surface area contributed by atoms with Crippen LogP contribution in [0.1, 0.15) is 44.2 Å². The van der Waals surface area contributed by atoms with Crippen LogP contribution in [0, 0.1) is 11.3 Å². The van der Waals surface area contributed by atoms with E-state index in [4.69, 9.17) is 0 Å². The highest BCUT2D eigenvalue weighted by molar-refractivity contribution is 5.89. The van der Waals surface area contributed by atoms with Crippen LogP contribution in [0.5, 0.6) is 0 Å². The maximum Gasteiger partial charge on any atom is 0.418 e. The number of nitrogens with one attached hydrogen (secondary N) is 3. The number of nitrogens with zero attached hydrogens (tertiary/aromatic N) is 1. The monoisotopic (exact) mass is 488 g/mol. The van der Waals surface area contributed by atoms with Crippen LogP contribution < -0.4 is 20.9 Å². The molecule has 1 unspecified atom stereocenters. The molecule has 0 aliphatic carbocycles. The molecule has 2 amide bonds. The Hall–Kier alpha value is -3.23. The standard InChI is InChI=1S/C26H31F3N4O2/c1-25(2)9-11-33(12-10-25)22-8-7-20(14-21(22)26(27,28)29)32-19-5-3-17(4-6-19)15-31-24(35)18-13-23(34)30-16-18/h3-8,14,18,32H,9-13,15-16H2,1-2H3,(H,30,34)(H,31,35). The summed E-state index contributed by atoms with van der Waals surface area (Å²) in [4.78, 5) is 25.2. The lowest BCUT2D eigenvalue weighted by Gasteiger charge is -2.39. The summed E-state index contributed by atoms with van der Waals surface area (Å²) in [6, 6.07) is 11.5. The highest BCUT2D eigenvalue weighted by Gasteiger charge is 2.36. The van der Waals surface area contributed by atoms with Gasteiger partial charge in [-0.2, -0.15) is 13.2 Å². The number of hydrogen-bond donors (Lipinski definition) is 3. The average molecular weight is 489 g/mol. The number of hydrogen-bond acceptors (Lipinski definition) is 4. The largest absolute Gasteiger partial charge is 0.418 e. The molecule has 0 saturated carbocycles. The Labute approximate surface area is 203 Å². The number of anilines is 3. The van der Waals surface area contributed by atoms with Gasteiger partial charge < -0.3 is 20.9 Å². The first kappa shape index (κ1) is 24.9. The van der Waals surface area contributed by atoms with E-state index in [1.54, 1.807) is 36.4 Å². The van der Waals surface area contributed by atoms with Crippen molar-refractivity contribution in [2.24, 2.45) is 11.3 Å². The van der Waals surface area contributed by atoms with Gasteiger partial charge >= 0.3 is 6.18 Å². The second kappa shape index (κ2) is 9.79. The van der Waals surface area contributed by atoms with E-state index >= 15 is 0 Å². The van der Waals surface area contributed by atoms with E-state index < -0.39 is 11.7 Å². The Bertz CT molecular complexity index is 1070. The minimum Gasteiger partial charge on any atom is -0.371 e. The summed E-state index contributed by atoms with van der Waals surface area (Å²) in [5.41, 5.74) is 1.59. The van der Waals surface area contributed by atoms with Crippen LogP contribution in [-0.2, 0) is 22.3 Å². The summed E-state index contributed by atoms with van der Waals surface area (Å²) in [7, 11) is 0. The van der Waals surface area contributed by atoms with Crippen LogP contribution in [0.3, 0.4) is 0 Å². The van der Waals surface area contributed by atoms with E-state index in [0.29, 0.717) is 37.6 Å². The number of halogens is 3. The van der Waals surface area contributed by atoms with Gasteiger partial charge in [0, 0.05) is 49.7 Å². The SMILES string of the molecule is CC1(C)CCN(c2ccc(Nc3ccc(CNC(=O)C4CNC(=O)C4)cc3)cc2C(F)(F)F)CC1. The first-order valence-electron chi connectivity index (χ1n) is 11.9. The van der Waals surface area contributed by atoms with E-state index in [1.165, 1.54) is 6.07 Å². The molecule has 0 spiro atoms.